The molecular formula is C13H18O. The molecule has 2 unspecified atom stereocenters. The molecule has 0 spiro atoms. The molecule has 1 nitrogen and oxygen atoms in total. The molecule has 0 bridgehead atoms. The Morgan fingerprint density at radius 3 is 3.14 bits per heavy atom. The van der Waals surface area contributed by atoms with Crippen LogP contribution in [0.15, 0.2) is 36.0 Å². The van der Waals surface area contributed by atoms with E-state index in [-0.39, 0.29) is 6.10 Å². The van der Waals surface area contributed by atoms with Crippen LogP contribution in [0.1, 0.15) is 26.2 Å². The Balaban J connectivity index is 2.11. The second-order valence-corrected chi connectivity index (χ2v) is 4.40. The van der Waals surface area contributed by atoms with Gasteiger partial charge in [-0.05, 0) is 37.7 Å². The summed E-state index contributed by atoms with van der Waals surface area (Å²) in [7, 11) is 0. The summed E-state index contributed by atoms with van der Waals surface area (Å²) < 4.78 is 0. The van der Waals surface area contributed by atoms with Crippen LogP contribution in [0.4, 0.5) is 0 Å². The number of allylic oxidation sites excluding steroid dienone is 6. The van der Waals surface area contributed by atoms with Crippen LogP contribution in [0.3, 0.4) is 0 Å². The van der Waals surface area contributed by atoms with Crippen molar-refractivity contribution in [3.63, 3.8) is 0 Å². The smallest absolute Gasteiger partial charge is 0.0515 e. The van der Waals surface area contributed by atoms with E-state index in [0.29, 0.717) is 11.8 Å². The van der Waals surface area contributed by atoms with Crippen LogP contribution < -0.4 is 0 Å². The van der Waals surface area contributed by atoms with Crippen molar-refractivity contribution < 1.29 is 5.11 Å². The van der Waals surface area contributed by atoms with Crippen molar-refractivity contribution in [3.05, 3.63) is 36.0 Å². The molecule has 2 aliphatic rings. The van der Waals surface area contributed by atoms with E-state index in [0.717, 1.165) is 6.42 Å². The molecular weight excluding hydrogens is 172 g/mol. The third-order valence-electron chi connectivity index (χ3n) is 3.17. The molecule has 0 aliphatic heterocycles. The highest BCUT2D eigenvalue weighted by molar-refractivity contribution is 5.35. The molecule has 0 heterocycles. The molecule has 0 amide bonds. The van der Waals surface area contributed by atoms with E-state index in [1.807, 2.05) is 6.92 Å². The first kappa shape index (κ1) is 9.72. The Morgan fingerprint density at radius 1 is 1.50 bits per heavy atom. The van der Waals surface area contributed by atoms with Crippen LogP contribution in [0.25, 0.3) is 0 Å². The minimum atomic E-state index is -0.168. The zero-order chi connectivity index (χ0) is 9.97. The van der Waals surface area contributed by atoms with Gasteiger partial charge in [0.05, 0.1) is 6.10 Å². The topological polar surface area (TPSA) is 20.2 Å². The van der Waals surface area contributed by atoms with Crippen LogP contribution >= 0.6 is 0 Å². The van der Waals surface area contributed by atoms with Gasteiger partial charge in [0.1, 0.15) is 0 Å². The summed E-state index contributed by atoms with van der Waals surface area (Å²) in [6, 6.07) is 0. The lowest BCUT2D eigenvalue weighted by atomic mass is 9.74. The molecule has 0 fully saturated rings. The summed E-state index contributed by atoms with van der Waals surface area (Å²) in [5.41, 5.74) is 1.45. The van der Waals surface area contributed by atoms with E-state index in [2.05, 4.69) is 30.4 Å². The van der Waals surface area contributed by atoms with E-state index in [4.69, 9.17) is 0 Å². The third-order valence-corrected chi connectivity index (χ3v) is 3.17. The number of fused-ring (bicyclic) bond motifs is 1. The standard InChI is InChI=1S/C13H18O/c1-10(14)9-12-7-4-6-11-5-2-3-8-13(11)12/h2-3,5-6,8,10,12-14H,4,7,9H2,1H3/t10-,12?,13?/m1/s1. The highest BCUT2D eigenvalue weighted by atomic mass is 16.3. The molecule has 2 rings (SSSR count). The molecule has 0 aromatic rings. The van der Waals surface area contributed by atoms with E-state index in [1.165, 1.54) is 18.4 Å². The van der Waals surface area contributed by atoms with Gasteiger partial charge in [0.25, 0.3) is 0 Å². The molecule has 1 heteroatoms. The van der Waals surface area contributed by atoms with Crippen LogP contribution in [0, 0.1) is 11.8 Å². The Kier molecular flexibility index (Phi) is 2.87. The fourth-order valence-corrected chi connectivity index (χ4v) is 2.55. The number of rotatable bonds is 2. The minimum absolute atomic E-state index is 0.168. The van der Waals surface area contributed by atoms with Gasteiger partial charge in [0.2, 0.25) is 0 Å². The molecule has 2 aliphatic carbocycles. The van der Waals surface area contributed by atoms with Gasteiger partial charge in [-0.2, -0.15) is 0 Å². The molecule has 76 valence electrons. The monoisotopic (exact) mass is 190 g/mol. The summed E-state index contributed by atoms with van der Waals surface area (Å²) in [6.07, 6.45) is 14.2. The number of hydrogen-bond acceptors (Lipinski definition) is 1. The quantitative estimate of drug-likeness (QED) is 0.710. The average molecular weight is 190 g/mol. The van der Waals surface area contributed by atoms with Gasteiger partial charge in [-0.25, -0.2) is 0 Å². The van der Waals surface area contributed by atoms with Crippen molar-refractivity contribution in [1.29, 1.82) is 0 Å². The van der Waals surface area contributed by atoms with Gasteiger partial charge in [-0.1, -0.05) is 30.4 Å². The lowest BCUT2D eigenvalue weighted by molar-refractivity contribution is 0.147. The second kappa shape index (κ2) is 4.14. The molecule has 14 heavy (non-hydrogen) atoms. The number of hydrogen-bond donors (Lipinski definition) is 1. The van der Waals surface area contributed by atoms with Crippen LogP contribution in [0.5, 0.6) is 0 Å². The van der Waals surface area contributed by atoms with Crippen LogP contribution in [-0.4, -0.2) is 11.2 Å². The maximum Gasteiger partial charge on any atom is 0.0515 e. The van der Waals surface area contributed by atoms with E-state index in [1.54, 1.807) is 0 Å². The molecule has 0 aromatic carbocycles. The predicted molar refractivity (Wildman–Crippen MR) is 58.9 cm³/mol. The number of aliphatic hydroxyl groups is 1. The predicted octanol–water partition coefficient (Wildman–Crippen LogP) is 2.84. The van der Waals surface area contributed by atoms with Crippen molar-refractivity contribution in [3.8, 4) is 0 Å². The average Bonchev–Trinajstić information content (AvgIpc) is 2.18. The lowest BCUT2D eigenvalue weighted by Gasteiger charge is -2.31. The van der Waals surface area contributed by atoms with Crippen LogP contribution in [-0.2, 0) is 0 Å². The van der Waals surface area contributed by atoms with Gasteiger partial charge < -0.3 is 5.11 Å². The number of aliphatic hydroxyl groups excluding tert-OH is 1. The van der Waals surface area contributed by atoms with Gasteiger partial charge >= 0.3 is 0 Å². The molecule has 0 radical (unpaired) electrons. The largest absolute Gasteiger partial charge is 0.393 e. The summed E-state index contributed by atoms with van der Waals surface area (Å²) in [6.45, 7) is 1.89. The fraction of sp³-hybridized carbons (Fsp3) is 0.538. The zero-order valence-corrected chi connectivity index (χ0v) is 8.69. The third kappa shape index (κ3) is 1.98. The van der Waals surface area contributed by atoms with Gasteiger partial charge in [-0.3, -0.25) is 0 Å². The summed E-state index contributed by atoms with van der Waals surface area (Å²) in [4.78, 5) is 0. The Hall–Kier alpha value is -0.820. The van der Waals surface area contributed by atoms with Gasteiger partial charge in [0, 0.05) is 5.92 Å². The molecule has 0 aromatic heterocycles. The van der Waals surface area contributed by atoms with E-state index < -0.39 is 0 Å². The summed E-state index contributed by atoms with van der Waals surface area (Å²) in [5.74, 6) is 1.19. The highest BCUT2D eigenvalue weighted by Crippen LogP contribution is 2.36. The van der Waals surface area contributed by atoms with Crippen molar-refractivity contribution in [2.75, 3.05) is 0 Å². The van der Waals surface area contributed by atoms with Crippen molar-refractivity contribution in [2.24, 2.45) is 11.8 Å². The van der Waals surface area contributed by atoms with Gasteiger partial charge in [-0.15, -0.1) is 0 Å². The zero-order valence-electron chi connectivity index (χ0n) is 8.69. The second-order valence-electron chi connectivity index (χ2n) is 4.40. The first-order valence-electron chi connectivity index (χ1n) is 5.50. The summed E-state index contributed by atoms with van der Waals surface area (Å²) >= 11 is 0. The Labute approximate surface area is 85.8 Å². The SMILES string of the molecule is C[C@@H](O)CC1CCC=C2C=CC=CC21. The van der Waals surface area contributed by atoms with Gasteiger partial charge in [0.15, 0.2) is 0 Å². The fourth-order valence-electron chi connectivity index (χ4n) is 2.55. The first-order chi connectivity index (χ1) is 6.77. The first-order valence-corrected chi connectivity index (χ1v) is 5.50. The molecule has 0 saturated carbocycles. The lowest BCUT2D eigenvalue weighted by Crippen LogP contribution is -2.22. The Bertz CT molecular complexity index is 284. The van der Waals surface area contributed by atoms with Crippen molar-refractivity contribution >= 4 is 0 Å². The summed E-state index contributed by atoms with van der Waals surface area (Å²) in [5, 5.41) is 9.43. The normalized spacial score (nSPS) is 32.3. The Morgan fingerprint density at radius 2 is 2.36 bits per heavy atom. The van der Waals surface area contributed by atoms with Crippen molar-refractivity contribution in [2.45, 2.75) is 32.3 Å². The van der Waals surface area contributed by atoms with E-state index in [9.17, 15) is 5.11 Å². The van der Waals surface area contributed by atoms with Crippen molar-refractivity contribution in [1.82, 2.24) is 0 Å². The maximum absolute atomic E-state index is 9.43. The van der Waals surface area contributed by atoms with Crippen LogP contribution in [0.2, 0.25) is 0 Å². The maximum atomic E-state index is 9.43. The van der Waals surface area contributed by atoms with E-state index >= 15 is 0 Å². The highest BCUT2D eigenvalue weighted by Gasteiger charge is 2.26. The molecule has 1 N–H and O–H groups in total. The minimum Gasteiger partial charge on any atom is -0.393 e. The molecule has 0 saturated heterocycles. The molecule has 3 atom stereocenters.